The standard InChI is InChI=1S/C23H15F2NO2/c1-14-7-2-5-12-21(14)26-22(27)16-9-4-3-8-15(16)17(23(26)28)13-18-19(24)10-6-11-20(18)25/h2-13H,1H3/b17-13+. The first-order valence-corrected chi connectivity index (χ1v) is 8.68. The molecule has 3 aromatic rings. The van der Waals surface area contributed by atoms with Gasteiger partial charge in [-0.1, -0.05) is 42.5 Å². The van der Waals surface area contributed by atoms with Crippen LogP contribution >= 0.6 is 0 Å². The third-order valence-corrected chi connectivity index (χ3v) is 4.73. The molecule has 0 bridgehead atoms. The Hall–Kier alpha value is -3.60. The minimum atomic E-state index is -0.780. The van der Waals surface area contributed by atoms with E-state index in [4.69, 9.17) is 0 Å². The Morgan fingerprint density at radius 1 is 0.750 bits per heavy atom. The molecule has 3 nitrogen and oxygen atoms in total. The molecule has 0 saturated heterocycles. The van der Waals surface area contributed by atoms with Crippen molar-refractivity contribution < 1.29 is 18.4 Å². The van der Waals surface area contributed by atoms with E-state index in [0.29, 0.717) is 16.8 Å². The minimum Gasteiger partial charge on any atom is -0.268 e. The van der Waals surface area contributed by atoms with E-state index in [1.165, 1.54) is 12.1 Å². The second-order valence-electron chi connectivity index (χ2n) is 6.47. The molecule has 3 aromatic carbocycles. The zero-order chi connectivity index (χ0) is 19.8. The number of nitrogens with zero attached hydrogens (tertiary/aromatic N) is 1. The fraction of sp³-hybridized carbons (Fsp3) is 0.0435. The fourth-order valence-electron chi connectivity index (χ4n) is 3.32. The van der Waals surface area contributed by atoms with Crippen molar-refractivity contribution in [2.24, 2.45) is 0 Å². The van der Waals surface area contributed by atoms with Crippen LogP contribution in [0, 0.1) is 18.6 Å². The fourth-order valence-corrected chi connectivity index (χ4v) is 3.32. The lowest BCUT2D eigenvalue weighted by Gasteiger charge is -2.29. The predicted molar refractivity (Wildman–Crippen MR) is 104 cm³/mol. The van der Waals surface area contributed by atoms with Crippen molar-refractivity contribution in [3.8, 4) is 0 Å². The summed E-state index contributed by atoms with van der Waals surface area (Å²) in [5, 5.41) is 0. The van der Waals surface area contributed by atoms with Crippen LogP contribution in [0.2, 0.25) is 0 Å². The zero-order valence-electron chi connectivity index (χ0n) is 14.9. The SMILES string of the molecule is Cc1ccccc1N1C(=O)/C(=C/c2c(F)cccc2F)c2ccccc2C1=O. The first-order valence-electron chi connectivity index (χ1n) is 8.68. The highest BCUT2D eigenvalue weighted by atomic mass is 19.1. The number of para-hydroxylation sites is 1. The van der Waals surface area contributed by atoms with Crippen LogP contribution in [-0.2, 0) is 4.79 Å². The maximum absolute atomic E-state index is 14.2. The number of hydrogen-bond donors (Lipinski definition) is 0. The predicted octanol–water partition coefficient (Wildman–Crippen LogP) is 5.00. The number of halogens is 2. The van der Waals surface area contributed by atoms with Gasteiger partial charge < -0.3 is 0 Å². The number of fused-ring (bicyclic) bond motifs is 1. The molecule has 0 aliphatic carbocycles. The van der Waals surface area contributed by atoms with Gasteiger partial charge in [0.2, 0.25) is 0 Å². The van der Waals surface area contributed by atoms with Crippen LogP contribution in [-0.4, -0.2) is 11.8 Å². The first kappa shape index (κ1) is 17.8. The summed E-state index contributed by atoms with van der Waals surface area (Å²) in [6.07, 6.45) is 1.17. The van der Waals surface area contributed by atoms with E-state index in [0.717, 1.165) is 22.6 Å². The van der Waals surface area contributed by atoms with E-state index in [9.17, 15) is 18.4 Å². The number of hydrogen-bond acceptors (Lipinski definition) is 2. The van der Waals surface area contributed by atoms with E-state index in [-0.39, 0.29) is 11.1 Å². The molecule has 1 aliphatic heterocycles. The van der Waals surface area contributed by atoms with Gasteiger partial charge in [-0.3, -0.25) is 9.59 Å². The molecule has 0 N–H and O–H groups in total. The van der Waals surface area contributed by atoms with E-state index >= 15 is 0 Å². The second kappa shape index (κ2) is 6.85. The van der Waals surface area contributed by atoms with Crippen LogP contribution in [0.15, 0.2) is 66.7 Å². The van der Waals surface area contributed by atoms with Crippen molar-refractivity contribution in [3.05, 3.63) is 101 Å². The Bertz CT molecular complexity index is 1130. The van der Waals surface area contributed by atoms with Gasteiger partial charge in [0.15, 0.2) is 0 Å². The summed E-state index contributed by atoms with van der Waals surface area (Å²) >= 11 is 0. The van der Waals surface area contributed by atoms with Gasteiger partial charge in [0, 0.05) is 16.7 Å². The first-order chi connectivity index (χ1) is 13.5. The van der Waals surface area contributed by atoms with E-state index in [2.05, 4.69) is 0 Å². The van der Waals surface area contributed by atoms with Gasteiger partial charge in [-0.2, -0.15) is 0 Å². The topological polar surface area (TPSA) is 37.4 Å². The summed E-state index contributed by atoms with van der Waals surface area (Å²) in [6, 6.07) is 17.0. The Labute approximate surface area is 160 Å². The Morgan fingerprint density at radius 2 is 1.36 bits per heavy atom. The molecule has 1 aliphatic rings. The highest BCUT2D eigenvalue weighted by molar-refractivity contribution is 6.43. The number of rotatable bonds is 2. The van der Waals surface area contributed by atoms with Gasteiger partial charge in [0.05, 0.1) is 5.69 Å². The van der Waals surface area contributed by atoms with Gasteiger partial charge in [-0.05, 0) is 48.4 Å². The molecule has 28 heavy (non-hydrogen) atoms. The summed E-state index contributed by atoms with van der Waals surface area (Å²) in [4.78, 5) is 27.4. The molecule has 0 spiro atoms. The highest BCUT2D eigenvalue weighted by Gasteiger charge is 2.36. The van der Waals surface area contributed by atoms with Crippen LogP contribution in [0.5, 0.6) is 0 Å². The molecule has 2 amide bonds. The van der Waals surface area contributed by atoms with Crippen molar-refractivity contribution in [1.29, 1.82) is 0 Å². The lowest BCUT2D eigenvalue weighted by molar-refractivity contribution is -0.112. The van der Waals surface area contributed by atoms with Crippen molar-refractivity contribution in [3.63, 3.8) is 0 Å². The summed E-state index contributed by atoms with van der Waals surface area (Å²) in [5.41, 5.74) is 1.56. The number of carbonyl (C=O) groups is 2. The van der Waals surface area contributed by atoms with E-state index in [1.54, 1.807) is 55.5 Å². The van der Waals surface area contributed by atoms with E-state index < -0.39 is 23.4 Å². The van der Waals surface area contributed by atoms with Crippen molar-refractivity contribution in [2.45, 2.75) is 6.92 Å². The van der Waals surface area contributed by atoms with Gasteiger partial charge in [0.1, 0.15) is 11.6 Å². The molecule has 0 fully saturated rings. The van der Waals surface area contributed by atoms with Gasteiger partial charge >= 0.3 is 0 Å². The van der Waals surface area contributed by atoms with Crippen LogP contribution in [0.1, 0.15) is 27.0 Å². The monoisotopic (exact) mass is 375 g/mol. The van der Waals surface area contributed by atoms with Gasteiger partial charge in [-0.15, -0.1) is 0 Å². The lowest BCUT2D eigenvalue weighted by Crippen LogP contribution is -2.42. The Kier molecular flexibility index (Phi) is 4.35. The third-order valence-electron chi connectivity index (χ3n) is 4.73. The number of amides is 2. The minimum absolute atomic E-state index is 0.0578. The molecule has 5 heteroatoms. The van der Waals surface area contributed by atoms with Crippen LogP contribution < -0.4 is 4.90 Å². The average molecular weight is 375 g/mol. The molecule has 138 valence electrons. The molecule has 4 rings (SSSR count). The smallest absolute Gasteiger partial charge is 0.265 e. The molecular weight excluding hydrogens is 360 g/mol. The number of anilines is 1. The zero-order valence-corrected chi connectivity index (χ0v) is 14.9. The summed E-state index contributed by atoms with van der Waals surface area (Å²) in [7, 11) is 0. The molecular formula is C23H15F2NO2. The number of carbonyl (C=O) groups excluding carboxylic acids is 2. The maximum atomic E-state index is 14.2. The lowest BCUT2D eigenvalue weighted by atomic mass is 9.91. The van der Waals surface area contributed by atoms with Crippen molar-refractivity contribution in [1.82, 2.24) is 0 Å². The summed E-state index contributed by atoms with van der Waals surface area (Å²) in [5.74, 6) is -2.66. The van der Waals surface area contributed by atoms with Gasteiger partial charge in [0.25, 0.3) is 11.8 Å². The van der Waals surface area contributed by atoms with Gasteiger partial charge in [-0.25, -0.2) is 13.7 Å². The average Bonchev–Trinajstić information content (AvgIpc) is 2.68. The molecule has 0 saturated carbocycles. The van der Waals surface area contributed by atoms with Crippen molar-refractivity contribution >= 4 is 29.2 Å². The number of benzene rings is 3. The Balaban J connectivity index is 1.97. The highest BCUT2D eigenvalue weighted by Crippen LogP contribution is 2.35. The molecule has 1 heterocycles. The quantitative estimate of drug-likeness (QED) is 0.467. The molecule has 0 radical (unpaired) electrons. The van der Waals surface area contributed by atoms with Crippen LogP contribution in [0.3, 0.4) is 0 Å². The Morgan fingerprint density at radius 3 is 2.04 bits per heavy atom. The summed E-state index contributed by atoms with van der Waals surface area (Å²) in [6.45, 7) is 1.79. The molecule has 0 unspecified atom stereocenters. The summed E-state index contributed by atoms with van der Waals surface area (Å²) < 4.78 is 28.4. The number of imide groups is 1. The largest absolute Gasteiger partial charge is 0.268 e. The van der Waals surface area contributed by atoms with E-state index in [1.807, 2.05) is 0 Å². The normalized spacial score (nSPS) is 15.1. The maximum Gasteiger partial charge on any atom is 0.265 e. The van der Waals surface area contributed by atoms with Crippen molar-refractivity contribution in [2.75, 3.05) is 4.90 Å². The second-order valence-corrected chi connectivity index (χ2v) is 6.47. The molecule has 0 atom stereocenters. The van der Waals surface area contributed by atoms with Crippen LogP contribution in [0.25, 0.3) is 11.6 Å². The number of aryl methyl sites for hydroxylation is 1. The third kappa shape index (κ3) is 2.81. The van der Waals surface area contributed by atoms with Crippen LogP contribution in [0.4, 0.5) is 14.5 Å². The molecule has 0 aromatic heterocycles.